The first-order valence-electron chi connectivity index (χ1n) is 3.92. The van der Waals surface area contributed by atoms with Crippen LogP contribution in [0, 0.1) is 5.41 Å². The van der Waals surface area contributed by atoms with Gasteiger partial charge in [0.25, 0.3) is 0 Å². The second-order valence-electron chi connectivity index (χ2n) is 3.79. The van der Waals surface area contributed by atoms with Crippen molar-refractivity contribution in [3.63, 3.8) is 0 Å². The minimum absolute atomic E-state index is 0. The molecule has 0 fully saturated rings. The van der Waals surface area contributed by atoms with Crippen LogP contribution in [0.1, 0.15) is 34.6 Å². The predicted octanol–water partition coefficient (Wildman–Crippen LogP) is 2.80. The predicted molar refractivity (Wildman–Crippen MR) is 50.6 cm³/mol. The van der Waals surface area contributed by atoms with Crippen molar-refractivity contribution in [2.45, 2.75) is 34.6 Å². The largest absolute Gasteiger partial charge is 0 e. The summed E-state index contributed by atoms with van der Waals surface area (Å²) in [6.45, 7) is 11.0. The third-order valence-corrected chi connectivity index (χ3v) is 3.94. The molecule has 0 heterocycles. The first-order chi connectivity index (χ1) is 4.89. The molecule has 2 radical (unpaired) electrons. The molecule has 0 spiro atoms. The van der Waals surface area contributed by atoms with E-state index in [9.17, 15) is 0 Å². The van der Waals surface area contributed by atoms with E-state index < -0.39 is 0 Å². The maximum atomic E-state index is 4.58. The van der Waals surface area contributed by atoms with Gasteiger partial charge in [0.05, 0.1) is 0 Å². The van der Waals surface area contributed by atoms with Crippen LogP contribution in [0.25, 0.3) is 0 Å². The summed E-state index contributed by atoms with van der Waals surface area (Å²) >= 11 is 4.58. The second kappa shape index (κ2) is 3.88. The molecule has 0 saturated carbocycles. The normalized spacial score (nSPS) is 21.6. The van der Waals surface area contributed by atoms with Gasteiger partial charge < -0.3 is 0 Å². The van der Waals surface area contributed by atoms with Gasteiger partial charge in [-0.3, -0.25) is 0 Å². The Balaban J connectivity index is 0.00000121. The third kappa shape index (κ3) is 1.68. The summed E-state index contributed by atoms with van der Waals surface area (Å²) in [5, 5.41) is 0. The molecule has 0 saturated heterocycles. The van der Waals surface area contributed by atoms with Crippen molar-refractivity contribution in [3.8, 4) is 0 Å². The zero-order valence-corrected chi connectivity index (χ0v) is 11.6. The van der Waals surface area contributed by atoms with Crippen molar-refractivity contribution in [2.24, 2.45) is 5.41 Å². The number of hydrogen-bond acceptors (Lipinski definition) is 0. The van der Waals surface area contributed by atoms with Gasteiger partial charge in [-0.2, -0.15) is 0 Å². The quantitative estimate of drug-likeness (QED) is 0.602. The fraction of sp³-hybridized carbons (Fsp3) is 0.600. The van der Waals surface area contributed by atoms with E-state index in [1.165, 1.54) is 21.2 Å². The first-order valence-corrected chi connectivity index (χ1v) is 4.44. The molecule has 1 aliphatic carbocycles. The zero-order valence-electron chi connectivity index (χ0n) is 8.24. The first kappa shape index (κ1) is 12.8. The molecule has 0 bridgehead atoms. The Hall–Kier alpha value is 0.776. The molecule has 0 N–H and O–H groups in total. The minimum Gasteiger partial charge on any atom is 0 e. The zero-order chi connectivity index (χ0) is 8.81. The van der Waals surface area contributed by atoms with Gasteiger partial charge in [-0.1, -0.05) is 0 Å². The SMILES string of the molecule is CC1=C(C)C(C)(C)[C]([Co])=C1C.[Te]. The number of rotatable bonds is 0. The molecule has 0 amide bonds. The van der Waals surface area contributed by atoms with E-state index in [4.69, 9.17) is 0 Å². The molecule has 0 nitrogen and oxygen atoms in total. The van der Waals surface area contributed by atoms with Crippen LogP contribution in [-0.4, -0.2) is 23.7 Å². The van der Waals surface area contributed by atoms with Crippen LogP contribution in [0.15, 0.2) is 21.2 Å². The molecule has 0 aliphatic heterocycles. The van der Waals surface area contributed by atoms with E-state index in [2.05, 4.69) is 50.4 Å². The van der Waals surface area contributed by atoms with E-state index in [-0.39, 0.29) is 29.1 Å². The topological polar surface area (TPSA) is 0 Å². The van der Waals surface area contributed by atoms with Gasteiger partial charge in [0.15, 0.2) is 0 Å². The Kier molecular flexibility index (Phi) is 4.13. The van der Waals surface area contributed by atoms with Crippen molar-refractivity contribution in [1.82, 2.24) is 0 Å². The molecule has 70 valence electrons. The van der Waals surface area contributed by atoms with Gasteiger partial charge in [-0.05, 0) is 0 Å². The number of hydrogen-bond donors (Lipinski definition) is 0. The second-order valence-corrected chi connectivity index (χ2v) is 4.31. The van der Waals surface area contributed by atoms with Crippen LogP contribution >= 0.6 is 0 Å². The molecule has 2 heteroatoms. The Labute approximate surface area is 100 Å². The molecule has 0 aromatic heterocycles. The van der Waals surface area contributed by atoms with Crippen molar-refractivity contribution in [2.75, 3.05) is 0 Å². The van der Waals surface area contributed by atoms with Crippen molar-refractivity contribution in [3.05, 3.63) is 21.2 Å². The average Bonchev–Trinajstić information content (AvgIpc) is 2.06. The third-order valence-electron chi connectivity index (χ3n) is 2.90. The summed E-state index contributed by atoms with van der Waals surface area (Å²) in [4.78, 5) is 0. The fourth-order valence-corrected chi connectivity index (χ4v) is 1.92. The standard InChI is InChI=1S/C10H15.Co.Te/c1-7-6-10(4,5)9(3)8(7)2;;/h1-5H3;;. The summed E-state index contributed by atoms with van der Waals surface area (Å²) < 4.78 is 1.22. The van der Waals surface area contributed by atoms with Crippen LogP contribution in [0.4, 0.5) is 0 Å². The van der Waals surface area contributed by atoms with Crippen LogP contribution in [0.3, 0.4) is 0 Å². The maximum absolute atomic E-state index is 4.58. The number of allylic oxidation sites excluding steroid dienone is 4. The van der Waals surface area contributed by atoms with Gasteiger partial charge in [-0.25, -0.2) is 0 Å². The van der Waals surface area contributed by atoms with Crippen LogP contribution in [0.2, 0.25) is 0 Å². The van der Waals surface area contributed by atoms with E-state index in [0.717, 1.165) is 0 Å². The van der Waals surface area contributed by atoms with Crippen LogP contribution < -0.4 is 0 Å². The molecule has 12 heavy (non-hydrogen) atoms. The van der Waals surface area contributed by atoms with Crippen molar-refractivity contribution < 1.29 is 15.7 Å². The van der Waals surface area contributed by atoms with Gasteiger partial charge in [-0.15, -0.1) is 0 Å². The van der Waals surface area contributed by atoms with Crippen molar-refractivity contribution in [1.29, 1.82) is 0 Å². The van der Waals surface area contributed by atoms with E-state index >= 15 is 0 Å². The summed E-state index contributed by atoms with van der Waals surface area (Å²) in [6.07, 6.45) is 0. The summed E-state index contributed by atoms with van der Waals surface area (Å²) in [7, 11) is 0. The summed E-state index contributed by atoms with van der Waals surface area (Å²) in [5.41, 5.74) is 4.40. The van der Waals surface area contributed by atoms with Gasteiger partial charge in [0.2, 0.25) is 0 Å². The minimum atomic E-state index is 0. The molecule has 1 rings (SSSR count). The Morgan fingerprint density at radius 1 is 1.00 bits per heavy atom. The van der Waals surface area contributed by atoms with E-state index in [1.807, 2.05) is 0 Å². The van der Waals surface area contributed by atoms with E-state index in [1.54, 1.807) is 0 Å². The molecule has 0 aromatic rings. The molecule has 0 aromatic carbocycles. The van der Waals surface area contributed by atoms with Gasteiger partial charge in [0.1, 0.15) is 0 Å². The smallest absolute Gasteiger partial charge is 0 e. The van der Waals surface area contributed by atoms with Crippen LogP contribution in [0.5, 0.6) is 0 Å². The maximum Gasteiger partial charge on any atom is 0 e. The average molecular weight is 322 g/mol. The molecular weight excluding hydrogens is 307 g/mol. The Morgan fingerprint density at radius 2 is 1.42 bits per heavy atom. The van der Waals surface area contributed by atoms with Gasteiger partial charge >= 0.3 is 77.0 Å². The Bertz CT molecular complexity index is 233. The summed E-state index contributed by atoms with van der Waals surface area (Å²) in [5.74, 6) is 0. The van der Waals surface area contributed by atoms with E-state index in [0.29, 0.717) is 0 Å². The summed E-state index contributed by atoms with van der Waals surface area (Å²) in [6, 6.07) is 0. The molecule has 0 unspecified atom stereocenters. The molecule has 1 aliphatic rings. The molecular formula is C10H15CoTe. The fourth-order valence-electron chi connectivity index (χ4n) is 1.53. The molecule has 0 atom stereocenters. The van der Waals surface area contributed by atoms with Crippen LogP contribution in [-0.2, 0) is 15.7 Å². The van der Waals surface area contributed by atoms with Crippen molar-refractivity contribution >= 4 is 23.7 Å². The Morgan fingerprint density at radius 3 is 1.50 bits per heavy atom. The van der Waals surface area contributed by atoms with Gasteiger partial charge in [0, 0.05) is 23.7 Å². The monoisotopic (exact) mass is 324 g/mol.